The summed E-state index contributed by atoms with van der Waals surface area (Å²) in [6.07, 6.45) is 0.512. The van der Waals surface area contributed by atoms with Crippen LogP contribution in [0, 0.1) is 5.92 Å². The zero-order chi connectivity index (χ0) is 14.4. The molecule has 1 heterocycles. The molecular weight excluding hydrogens is 270 g/mol. The number of aromatic nitrogens is 1. The average molecular weight is 291 g/mol. The zero-order valence-corrected chi connectivity index (χ0v) is 12.8. The van der Waals surface area contributed by atoms with Gasteiger partial charge >= 0.3 is 0 Å². The van der Waals surface area contributed by atoms with Gasteiger partial charge in [-0.1, -0.05) is 26.0 Å². The Hall–Kier alpha value is -1.46. The van der Waals surface area contributed by atoms with Gasteiger partial charge in [0.15, 0.2) is 0 Å². The van der Waals surface area contributed by atoms with E-state index in [4.69, 9.17) is 0 Å². The van der Waals surface area contributed by atoms with Crippen molar-refractivity contribution in [2.24, 2.45) is 5.92 Å². The van der Waals surface area contributed by atoms with Gasteiger partial charge in [-0.2, -0.15) is 0 Å². The van der Waals surface area contributed by atoms with Crippen molar-refractivity contribution in [3.8, 4) is 0 Å². The quantitative estimate of drug-likeness (QED) is 0.771. The fourth-order valence-corrected chi connectivity index (χ4v) is 2.74. The van der Waals surface area contributed by atoms with Gasteiger partial charge in [-0.3, -0.25) is 4.79 Å². The number of carbonyl (C=O) groups is 1. The van der Waals surface area contributed by atoms with Crippen LogP contribution in [0.25, 0.3) is 10.2 Å². The third-order valence-corrected chi connectivity index (χ3v) is 3.89. The molecule has 1 aromatic heterocycles. The minimum atomic E-state index is 0.107. The Labute approximate surface area is 123 Å². The Kier molecular flexibility index (Phi) is 5.49. The van der Waals surface area contributed by atoms with Crippen molar-refractivity contribution < 1.29 is 4.79 Å². The van der Waals surface area contributed by atoms with E-state index in [9.17, 15) is 4.79 Å². The summed E-state index contributed by atoms with van der Waals surface area (Å²) < 4.78 is 1.21. The van der Waals surface area contributed by atoms with Crippen molar-refractivity contribution in [1.82, 2.24) is 15.6 Å². The first-order valence-corrected chi connectivity index (χ1v) is 7.78. The van der Waals surface area contributed by atoms with Crippen molar-refractivity contribution in [1.29, 1.82) is 0 Å². The Morgan fingerprint density at radius 1 is 1.35 bits per heavy atom. The highest BCUT2D eigenvalue weighted by Crippen LogP contribution is 2.21. The molecule has 0 spiro atoms. The predicted molar refractivity (Wildman–Crippen MR) is 83.8 cm³/mol. The molecule has 20 heavy (non-hydrogen) atoms. The Bertz CT molecular complexity index is 532. The highest BCUT2D eigenvalue weighted by Gasteiger charge is 2.04. The summed E-state index contributed by atoms with van der Waals surface area (Å²) in [5.41, 5.74) is 1.05. The molecule has 0 saturated heterocycles. The van der Waals surface area contributed by atoms with Crippen LogP contribution in [0.3, 0.4) is 0 Å². The molecule has 1 aromatic carbocycles. The number of fused-ring (bicyclic) bond motifs is 1. The third kappa shape index (κ3) is 4.58. The van der Waals surface area contributed by atoms with Gasteiger partial charge in [0.25, 0.3) is 0 Å². The maximum absolute atomic E-state index is 11.5. The van der Waals surface area contributed by atoms with E-state index in [2.05, 4.69) is 35.5 Å². The number of benzene rings is 1. The van der Waals surface area contributed by atoms with E-state index in [1.807, 2.05) is 18.2 Å². The number of nitrogens with one attached hydrogen (secondary N) is 2. The number of hydrogen-bond acceptors (Lipinski definition) is 4. The van der Waals surface area contributed by atoms with E-state index in [-0.39, 0.29) is 5.91 Å². The maximum Gasteiger partial charge on any atom is 0.221 e. The molecule has 0 aliphatic rings. The maximum atomic E-state index is 11.5. The largest absolute Gasteiger partial charge is 0.356 e. The molecule has 0 fully saturated rings. The van der Waals surface area contributed by atoms with E-state index in [0.717, 1.165) is 23.6 Å². The number of hydrogen-bond donors (Lipinski definition) is 2. The van der Waals surface area contributed by atoms with Gasteiger partial charge < -0.3 is 10.6 Å². The molecule has 2 aromatic rings. The second-order valence-corrected chi connectivity index (χ2v) is 6.32. The van der Waals surface area contributed by atoms with Gasteiger partial charge in [0.05, 0.1) is 10.2 Å². The summed E-state index contributed by atoms with van der Waals surface area (Å²) in [7, 11) is 0. The molecule has 0 aliphatic carbocycles. The Balaban J connectivity index is 1.69. The lowest BCUT2D eigenvalue weighted by Crippen LogP contribution is -2.30. The molecule has 4 nitrogen and oxygen atoms in total. The van der Waals surface area contributed by atoms with Crippen LogP contribution in [0.4, 0.5) is 0 Å². The van der Waals surface area contributed by atoms with Crippen LogP contribution in [0.1, 0.15) is 25.3 Å². The average Bonchev–Trinajstić information content (AvgIpc) is 2.84. The Morgan fingerprint density at radius 3 is 2.90 bits per heavy atom. The molecule has 0 saturated carbocycles. The van der Waals surface area contributed by atoms with Crippen molar-refractivity contribution >= 4 is 27.5 Å². The molecular formula is C15H21N3OS. The van der Waals surface area contributed by atoms with Crippen molar-refractivity contribution in [2.45, 2.75) is 26.8 Å². The summed E-state index contributed by atoms with van der Waals surface area (Å²) in [6, 6.07) is 8.12. The number of nitrogens with zero attached hydrogens (tertiary/aromatic N) is 1. The molecule has 108 valence electrons. The first-order valence-electron chi connectivity index (χ1n) is 6.97. The molecule has 0 radical (unpaired) electrons. The zero-order valence-electron chi connectivity index (χ0n) is 12.0. The molecule has 0 atom stereocenters. The summed E-state index contributed by atoms with van der Waals surface area (Å²) >= 11 is 1.70. The van der Waals surface area contributed by atoms with Crippen LogP contribution >= 0.6 is 11.3 Å². The monoisotopic (exact) mass is 291 g/mol. The van der Waals surface area contributed by atoms with E-state index in [1.165, 1.54) is 4.70 Å². The molecule has 0 bridgehead atoms. The minimum absolute atomic E-state index is 0.107. The number of carbonyl (C=O) groups excluding carboxylic acids is 1. The first-order chi connectivity index (χ1) is 9.65. The molecule has 5 heteroatoms. The topological polar surface area (TPSA) is 54.0 Å². The number of para-hydroxylation sites is 1. The highest BCUT2D eigenvalue weighted by molar-refractivity contribution is 7.18. The van der Waals surface area contributed by atoms with Gasteiger partial charge in [0.1, 0.15) is 5.01 Å². The first kappa shape index (κ1) is 14.9. The van der Waals surface area contributed by atoms with E-state index >= 15 is 0 Å². The summed E-state index contributed by atoms with van der Waals surface area (Å²) in [6.45, 7) is 6.32. The third-order valence-electron chi connectivity index (χ3n) is 2.85. The van der Waals surface area contributed by atoms with Gasteiger partial charge in [0, 0.05) is 26.1 Å². The smallest absolute Gasteiger partial charge is 0.221 e. The lowest BCUT2D eigenvalue weighted by atomic mass is 10.2. The molecule has 0 unspecified atom stereocenters. The van der Waals surface area contributed by atoms with Gasteiger partial charge in [0.2, 0.25) is 5.91 Å². The standard InChI is InChI=1S/C15H21N3OS/c1-11(2)9-17-14(19)7-8-16-10-15-18-12-5-3-4-6-13(12)20-15/h3-6,11,16H,7-10H2,1-2H3,(H,17,19). The molecule has 2 N–H and O–H groups in total. The van der Waals surface area contributed by atoms with Gasteiger partial charge in [-0.15, -0.1) is 11.3 Å². The number of amides is 1. The van der Waals surface area contributed by atoms with Crippen LogP contribution in [0.15, 0.2) is 24.3 Å². The minimum Gasteiger partial charge on any atom is -0.356 e. The fraction of sp³-hybridized carbons (Fsp3) is 0.467. The summed E-state index contributed by atoms with van der Waals surface area (Å²) in [5.74, 6) is 0.602. The SMILES string of the molecule is CC(C)CNC(=O)CCNCc1nc2ccccc2s1. The summed E-state index contributed by atoms with van der Waals surface area (Å²) in [4.78, 5) is 16.1. The fourth-order valence-electron chi connectivity index (χ4n) is 1.80. The lowest BCUT2D eigenvalue weighted by molar-refractivity contribution is -0.121. The van der Waals surface area contributed by atoms with Crippen LogP contribution in [0.5, 0.6) is 0 Å². The van der Waals surface area contributed by atoms with Gasteiger partial charge in [-0.25, -0.2) is 4.98 Å². The van der Waals surface area contributed by atoms with Crippen LogP contribution in [-0.4, -0.2) is 24.0 Å². The molecule has 2 rings (SSSR count). The molecule has 1 amide bonds. The van der Waals surface area contributed by atoms with E-state index < -0.39 is 0 Å². The normalized spacial score (nSPS) is 11.2. The predicted octanol–water partition coefficient (Wildman–Crippen LogP) is 2.55. The van der Waals surface area contributed by atoms with Crippen LogP contribution in [0.2, 0.25) is 0 Å². The number of thiazole rings is 1. The Morgan fingerprint density at radius 2 is 2.15 bits per heavy atom. The number of rotatable bonds is 7. The van der Waals surface area contributed by atoms with Crippen LogP contribution < -0.4 is 10.6 Å². The van der Waals surface area contributed by atoms with Crippen molar-refractivity contribution in [3.05, 3.63) is 29.3 Å². The second-order valence-electron chi connectivity index (χ2n) is 5.20. The van der Waals surface area contributed by atoms with E-state index in [0.29, 0.717) is 18.9 Å². The second kappa shape index (κ2) is 7.36. The van der Waals surface area contributed by atoms with Crippen molar-refractivity contribution in [3.63, 3.8) is 0 Å². The highest BCUT2D eigenvalue weighted by atomic mass is 32.1. The van der Waals surface area contributed by atoms with Crippen LogP contribution in [-0.2, 0) is 11.3 Å². The van der Waals surface area contributed by atoms with E-state index in [1.54, 1.807) is 11.3 Å². The van der Waals surface area contributed by atoms with Gasteiger partial charge in [-0.05, 0) is 18.1 Å². The molecule has 0 aliphatic heterocycles. The summed E-state index contributed by atoms with van der Waals surface area (Å²) in [5, 5.41) is 7.24. The lowest BCUT2D eigenvalue weighted by Gasteiger charge is -2.07. The van der Waals surface area contributed by atoms with Crippen molar-refractivity contribution in [2.75, 3.05) is 13.1 Å².